The maximum atomic E-state index is 12.0. The Balaban J connectivity index is 1.23. The van der Waals surface area contributed by atoms with Crippen LogP contribution in [0.3, 0.4) is 0 Å². The van der Waals surface area contributed by atoms with Gasteiger partial charge in [0.1, 0.15) is 5.82 Å². The quantitative estimate of drug-likeness (QED) is 0.434. The number of H-pyrrole nitrogens is 1. The molecule has 2 amide bonds. The maximum Gasteiger partial charge on any atom is 0.321 e. The number of fused-ring (bicyclic) bond motifs is 1. The average molecular weight is 377 g/mol. The van der Waals surface area contributed by atoms with Crippen molar-refractivity contribution in [3.8, 4) is 11.3 Å². The zero-order valence-electron chi connectivity index (χ0n) is 14.6. The molecular weight excluding hydrogens is 358 g/mol. The SMILES string of the molecule is O=C(NCCCc1nc2ccccc2[nH]1)Nc1nc(-c2ccccc2)cs1. The standard InChI is InChI=1S/C20H19N5OS/c26-19(25-20-24-17(13-27-20)14-7-2-1-3-8-14)21-12-6-11-18-22-15-9-4-5-10-16(15)23-18/h1-5,7-10,13H,6,11-12H2,(H,22,23)(H2,21,24,25,26). The normalized spacial score (nSPS) is 10.8. The number of nitrogens with one attached hydrogen (secondary N) is 3. The summed E-state index contributed by atoms with van der Waals surface area (Å²) in [5.74, 6) is 0.936. The lowest BCUT2D eigenvalue weighted by atomic mass is 10.2. The smallest absolute Gasteiger partial charge is 0.321 e. The monoisotopic (exact) mass is 377 g/mol. The van der Waals surface area contributed by atoms with Gasteiger partial charge in [0.05, 0.1) is 16.7 Å². The number of carbonyl (C=O) groups is 1. The number of aromatic amines is 1. The van der Waals surface area contributed by atoms with Gasteiger partial charge >= 0.3 is 6.03 Å². The van der Waals surface area contributed by atoms with Gasteiger partial charge in [0.25, 0.3) is 0 Å². The predicted molar refractivity (Wildman–Crippen MR) is 109 cm³/mol. The topological polar surface area (TPSA) is 82.7 Å². The predicted octanol–water partition coefficient (Wildman–Crippen LogP) is 4.44. The molecule has 0 saturated heterocycles. The number of urea groups is 1. The van der Waals surface area contributed by atoms with Crippen molar-refractivity contribution in [2.75, 3.05) is 11.9 Å². The third-order valence-electron chi connectivity index (χ3n) is 4.11. The van der Waals surface area contributed by atoms with Gasteiger partial charge in [0, 0.05) is 23.9 Å². The molecule has 0 fully saturated rings. The fourth-order valence-corrected chi connectivity index (χ4v) is 3.51. The number of rotatable bonds is 6. The van der Waals surface area contributed by atoms with Crippen LogP contribution in [-0.4, -0.2) is 27.5 Å². The van der Waals surface area contributed by atoms with Crippen molar-refractivity contribution < 1.29 is 4.79 Å². The van der Waals surface area contributed by atoms with Gasteiger partial charge in [0.2, 0.25) is 0 Å². The van der Waals surface area contributed by atoms with Crippen molar-refractivity contribution in [1.82, 2.24) is 20.3 Å². The van der Waals surface area contributed by atoms with E-state index < -0.39 is 0 Å². The van der Waals surface area contributed by atoms with Crippen LogP contribution in [0, 0.1) is 0 Å². The average Bonchev–Trinajstić information content (AvgIpc) is 3.32. The third kappa shape index (κ3) is 4.32. The summed E-state index contributed by atoms with van der Waals surface area (Å²) < 4.78 is 0. The highest BCUT2D eigenvalue weighted by Gasteiger charge is 2.08. The lowest BCUT2D eigenvalue weighted by molar-refractivity contribution is 0.252. The van der Waals surface area contributed by atoms with Crippen LogP contribution in [0.25, 0.3) is 22.3 Å². The van der Waals surface area contributed by atoms with Crippen LogP contribution < -0.4 is 10.6 Å². The lowest BCUT2D eigenvalue weighted by Crippen LogP contribution is -2.29. The molecule has 0 spiro atoms. The molecule has 0 aliphatic rings. The van der Waals surface area contributed by atoms with E-state index in [1.54, 1.807) is 0 Å². The Kier molecular flexibility index (Phi) is 5.11. The molecule has 2 aromatic carbocycles. The Morgan fingerprint density at radius 2 is 1.85 bits per heavy atom. The molecule has 0 aliphatic heterocycles. The number of para-hydroxylation sites is 2. The summed E-state index contributed by atoms with van der Waals surface area (Å²) in [6, 6.07) is 17.6. The van der Waals surface area contributed by atoms with Gasteiger partial charge in [-0.15, -0.1) is 11.3 Å². The minimum absolute atomic E-state index is 0.242. The van der Waals surface area contributed by atoms with Gasteiger partial charge in [0.15, 0.2) is 5.13 Å². The number of anilines is 1. The van der Waals surface area contributed by atoms with E-state index in [1.807, 2.05) is 60.0 Å². The largest absolute Gasteiger partial charge is 0.342 e. The fraction of sp³-hybridized carbons (Fsp3) is 0.150. The Bertz CT molecular complexity index is 1010. The van der Waals surface area contributed by atoms with Crippen molar-refractivity contribution >= 4 is 33.5 Å². The highest BCUT2D eigenvalue weighted by molar-refractivity contribution is 7.14. The molecule has 6 nitrogen and oxygen atoms in total. The Morgan fingerprint density at radius 1 is 1.04 bits per heavy atom. The second-order valence-corrected chi connectivity index (χ2v) is 6.95. The van der Waals surface area contributed by atoms with Crippen molar-refractivity contribution in [1.29, 1.82) is 0 Å². The first-order valence-corrected chi connectivity index (χ1v) is 9.65. The second-order valence-electron chi connectivity index (χ2n) is 6.09. The number of hydrogen-bond donors (Lipinski definition) is 3. The highest BCUT2D eigenvalue weighted by atomic mass is 32.1. The molecule has 4 aromatic rings. The number of amides is 2. The third-order valence-corrected chi connectivity index (χ3v) is 4.87. The molecular formula is C20H19N5OS. The molecule has 4 rings (SSSR count). The molecule has 2 aromatic heterocycles. The number of aryl methyl sites for hydroxylation is 1. The summed E-state index contributed by atoms with van der Waals surface area (Å²) in [5.41, 5.74) is 3.90. The highest BCUT2D eigenvalue weighted by Crippen LogP contribution is 2.24. The molecule has 0 atom stereocenters. The van der Waals surface area contributed by atoms with Gasteiger partial charge in [-0.25, -0.2) is 14.8 Å². The number of imidazole rings is 1. The van der Waals surface area contributed by atoms with Crippen molar-refractivity contribution in [2.24, 2.45) is 0 Å². The Morgan fingerprint density at radius 3 is 2.70 bits per heavy atom. The van der Waals surface area contributed by atoms with Crippen LogP contribution in [0.1, 0.15) is 12.2 Å². The van der Waals surface area contributed by atoms with Crippen molar-refractivity contribution in [3.05, 3.63) is 65.8 Å². The van der Waals surface area contributed by atoms with Crippen LogP contribution in [0.2, 0.25) is 0 Å². The van der Waals surface area contributed by atoms with E-state index in [0.717, 1.165) is 41.0 Å². The summed E-state index contributed by atoms with van der Waals surface area (Å²) in [4.78, 5) is 24.3. The van der Waals surface area contributed by atoms with Gasteiger partial charge in [-0.05, 0) is 18.6 Å². The zero-order chi connectivity index (χ0) is 18.5. The van der Waals surface area contributed by atoms with Crippen LogP contribution in [0.5, 0.6) is 0 Å². The number of aromatic nitrogens is 3. The summed E-state index contributed by atoms with van der Waals surface area (Å²) in [5, 5.41) is 8.17. The lowest BCUT2D eigenvalue weighted by Gasteiger charge is -2.04. The fourth-order valence-electron chi connectivity index (χ4n) is 2.80. The second kappa shape index (κ2) is 8.01. The van der Waals surface area contributed by atoms with Crippen LogP contribution >= 0.6 is 11.3 Å². The molecule has 0 saturated carbocycles. The van der Waals surface area contributed by atoms with Crippen molar-refractivity contribution in [3.63, 3.8) is 0 Å². The Hall–Kier alpha value is -3.19. The minimum atomic E-state index is -0.242. The number of thiazole rings is 1. The van der Waals surface area contributed by atoms with Gasteiger partial charge in [-0.1, -0.05) is 42.5 Å². The summed E-state index contributed by atoms with van der Waals surface area (Å²) in [6.45, 7) is 0.569. The van der Waals surface area contributed by atoms with E-state index in [-0.39, 0.29) is 6.03 Å². The molecule has 0 bridgehead atoms. The van der Waals surface area contributed by atoms with E-state index in [0.29, 0.717) is 11.7 Å². The molecule has 2 heterocycles. The number of benzene rings is 2. The van der Waals surface area contributed by atoms with E-state index in [2.05, 4.69) is 25.6 Å². The van der Waals surface area contributed by atoms with Crippen molar-refractivity contribution in [2.45, 2.75) is 12.8 Å². The molecule has 0 unspecified atom stereocenters. The molecule has 0 aliphatic carbocycles. The van der Waals surface area contributed by atoms with E-state index in [9.17, 15) is 4.79 Å². The summed E-state index contributed by atoms with van der Waals surface area (Å²) in [7, 11) is 0. The summed E-state index contributed by atoms with van der Waals surface area (Å²) >= 11 is 1.41. The van der Waals surface area contributed by atoms with E-state index in [1.165, 1.54) is 11.3 Å². The Labute approximate surface area is 160 Å². The van der Waals surface area contributed by atoms with E-state index >= 15 is 0 Å². The summed E-state index contributed by atoms with van der Waals surface area (Å²) in [6.07, 6.45) is 1.59. The molecule has 136 valence electrons. The van der Waals surface area contributed by atoms with Crippen LogP contribution in [-0.2, 0) is 6.42 Å². The van der Waals surface area contributed by atoms with Gasteiger partial charge in [-0.3, -0.25) is 5.32 Å². The first-order chi connectivity index (χ1) is 13.3. The molecule has 7 heteroatoms. The zero-order valence-corrected chi connectivity index (χ0v) is 15.4. The first-order valence-electron chi connectivity index (χ1n) is 8.77. The number of carbonyl (C=O) groups excluding carboxylic acids is 1. The number of hydrogen-bond acceptors (Lipinski definition) is 4. The van der Waals surface area contributed by atoms with E-state index in [4.69, 9.17) is 0 Å². The van der Waals surface area contributed by atoms with Crippen LogP contribution in [0.15, 0.2) is 60.0 Å². The van der Waals surface area contributed by atoms with Gasteiger partial charge < -0.3 is 10.3 Å². The first kappa shape index (κ1) is 17.2. The minimum Gasteiger partial charge on any atom is -0.342 e. The maximum absolute atomic E-state index is 12.0. The van der Waals surface area contributed by atoms with Crippen LogP contribution in [0.4, 0.5) is 9.93 Å². The molecule has 3 N–H and O–H groups in total. The molecule has 0 radical (unpaired) electrons. The number of nitrogens with zero attached hydrogens (tertiary/aromatic N) is 2. The molecule has 27 heavy (non-hydrogen) atoms. The van der Waals surface area contributed by atoms with Gasteiger partial charge in [-0.2, -0.15) is 0 Å².